The van der Waals surface area contributed by atoms with Gasteiger partial charge in [-0.05, 0) is 18.9 Å². The van der Waals surface area contributed by atoms with Crippen molar-refractivity contribution in [1.29, 1.82) is 0 Å². The fourth-order valence-corrected chi connectivity index (χ4v) is 1.25. The zero-order chi connectivity index (χ0) is 14.2. The van der Waals surface area contributed by atoms with E-state index in [0.717, 1.165) is 25.9 Å². The molecule has 0 bridgehead atoms. The summed E-state index contributed by atoms with van der Waals surface area (Å²) in [7, 11) is 0. The molecule has 0 aromatic rings. The van der Waals surface area contributed by atoms with Crippen molar-refractivity contribution in [2.45, 2.75) is 26.2 Å². The maximum absolute atomic E-state index is 10.8. The van der Waals surface area contributed by atoms with E-state index in [1.165, 1.54) is 6.08 Å². The van der Waals surface area contributed by atoms with Crippen LogP contribution in [0.25, 0.3) is 0 Å². The largest absolute Gasteiger partial charge is 0.379 e. The first-order chi connectivity index (χ1) is 9.31. The lowest BCUT2D eigenvalue weighted by atomic mass is 10.4. The molecule has 0 heterocycles. The van der Waals surface area contributed by atoms with Gasteiger partial charge in [-0.3, -0.25) is 4.79 Å². The van der Waals surface area contributed by atoms with Crippen molar-refractivity contribution in [3.63, 3.8) is 0 Å². The first-order valence-electron chi connectivity index (χ1n) is 6.94. The minimum atomic E-state index is -0.147. The van der Waals surface area contributed by atoms with Crippen LogP contribution in [0.4, 0.5) is 0 Å². The van der Waals surface area contributed by atoms with Gasteiger partial charge in [0.05, 0.1) is 26.4 Å². The fraction of sp³-hybridized carbons (Fsp3) is 0.786. The van der Waals surface area contributed by atoms with E-state index in [4.69, 9.17) is 14.2 Å². The molecule has 0 unspecified atom stereocenters. The highest BCUT2D eigenvalue weighted by molar-refractivity contribution is 5.86. The summed E-state index contributed by atoms with van der Waals surface area (Å²) in [4.78, 5) is 10.8. The van der Waals surface area contributed by atoms with Gasteiger partial charge < -0.3 is 19.5 Å². The molecule has 0 atom stereocenters. The Bertz CT molecular complexity index is 221. The lowest BCUT2D eigenvalue weighted by Crippen LogP contribution is -2.23. The van der Waals surface area contributed by atoms with Crippen LogP contribution in [-0.2, 0) is 19.0 Å². The Morgan fingerprint density at radius 2 is 1.53 bits per heavy atom. The second-order valence-corrected chi connectivity index (χ2v) is 4.04. The topological polar surface area (TPSA) is 56.8 Å². The molecule has 19 heavy (non-hydrogen) atoms. The Labute approximate surface area is 116 Å². The number of hydrogen-bond acceptors (Lipinski definition) is 4. The zero-order valence-electron chi connectivity index (χ0n) is 12.0. The van der Waals surface area contributed by atoms with E-state index in [0.29, 0.717) is 39.6 Å². The molecule has 5 heteroatoms. The molecular weight excluding hydrogens is 246 g/mol. The van der Waals surface area contributed by atoms with Gasteiger partial charge in [-0.15, -0.1) is 0 Å². The number of carbonyl (C=O) groups excluding carboxylic acids is 1. The molecule has 0 radical (unpaired) electrons. The quantitative estimate of drug-likeness (QED) is 0.385. The molecule has 0 fully saturated rings. The fourth-order valence-electron chi connectivity index (χ4n) is 1.25. The van der Waals surface area contributed by atoms with E-state index < -0.39 is 0 Å². The number of unbranched alkanes of at least 4 members (excludes halogenated alkanes) is 1. The predicted molar refractivity (Wildman–Crippen MR) is 75.2 cm³/mol. The summed E-state index contributed by atoms with van der Waals surface area (Å²) in [6, 6.07) is 0. The van der Waals surface area contributed by atoms with E-state index in [2.05, 4.69) is 18.8 Å². The Morgan fingerprint density at radius 3 is 2.05 bits per heavy atom. The van der Waals surface area contributed by atoms with Gasteiger partial charge in [0, 0.05) is 19.8 Å². The van der Waals surface area contributed by atoms with Crippen molar-refractivity contribution in [3.05, 3.63) is 12.7 Å². The minimum absolute atomic E-state index is 0.147. The number of rotatable bonds is 14. The molecule has 0 rings (SSSR count). The second-order valence-electron chi connectivity index (χ2n) is 4.04. The van der Waals surface area contributed by atoms with Gasteiger partial charge in [0.2, 0.25) is 5.91 Å². The number of ether oxygens (including phenoxy) is 3. The average Bonchev–Trinajstić information content (AvgIpc) is 2.43. The highest BCUT2D eigenvalue weighted by atomic mass is 16.5. The number of hydrogen-bond donors (Lipinski definition) is 1. The second kappa shape index (κ2) is 15.1. The standard InChI is InChI=1S/C14H27NO4/c1-3-5-8-17-10-12-19-13-11-18-9-6-7-15-14(16)4-2/h4H,2-3,5-13H2,1H3,(H,15,16). The molecule has 0 aliphatic rings. The smallest absolute Gasteiger partial charge is 0.243 e. The Kier molecular flexibility index (Phi) is 14.4. The van der Waals surface area contributed by atoms with Crippen LogP contribution in [0.1, 0.15) is 26.2 Å². The first-order valence-corrected chi connectivity index (χ1v) is 6.94. The molecule has 0 saturated heterocycles. The van der Waals surface area contributed by atoms with Gasteiger partial charge in [-0.2, -0.15) is 0 Å². The molecule has 112 valence electrons. The molecule has 0 spiro atoms. The molecular formula is C14H27NO4. The summed E-state index contributed by atoms with van der Waals surface area (Å²) in [5, 5.41) is 2.68. The number of nitrogens with one attached hydrogen (secondary N) is 1. The monoisotopic (exact) mass is 273 g/mol. The average molecular weight is 273 g/mol. The third-order valence-corrected chi connectivity index (χ3v) is 2.34. The molecule has 0 aliphatic carbocycles. The first kappa shape index (κ1) is 18.1. The lowest BCUT2D eigenvalue weighted by molar-refractivity contribution is -0.116. The molecule has 0 aliphatic heterocycles. The van der Waals surface area contributed by atoms with Crippen LogP contribution in [0.3, 0.4) is 0 Å². The van der Waals surface area contributed by atoms with Gasteiger partial charge in [0.15, 0.2) is 0 Å². The van der Waals surface area contributed by atoms with E-state index in [1.807, 2.05) is 0 Å². The Balaban J connectivity index is 2.99. The SMILES string of the molecule is C=CC(=O)NCCCOCCOCCOCCCC. The molecule has 0 saturated carbocycles. The normalized spacial score (nSPS) is 10.4. The summed E-state index contributed by atoms with van der Waals surface area (Å²) in [6.45, 7) is 9.96. The van der Waals surface area contributed by atoms with Crippen LogP contribution in [0, 0.1) is 0 Å². The molecule has 1 amide bonds. The molecule has 0 aromatic carbocycles. The van der Waals surface area contributed by atoms with Crippen molar-refractivity contribution in [1.82, 2.24) is 5.32 Å². The van der Waals surface area contributed by atoms with Crippen molar-refractivity contribution in [2.24, 2.45) is 0 Å². The van der Waals surface area contributed by atoms with Crippen molar-refractivity contribution in [2.75, 3.05) is 46.2 Å². The van der Waals surface area contributed by atoms with Crippen LogP contribution in [0.2, 0.25) is 0 Å². The van der Waals surface area contributed by atoms with E-state index in [9.17, 15) is 4.79 Å². The zero-order valence-corrected chi connectivity index (χ0v) is 12.0. The van der Waals surface area contributed by atoms with Gasteiger partial charge in [0.25, 0.3) is 0 Å². The van der Waals surface area contributed by atoms with Crippen LogP contribution in [0.15, 0.2) is 12.7 Å². The van der Waals surface area contributed by atoms with Gasteiger partial charge >= 0.3 is 0 Å². The Morgan fingerprint density at radius 1 is 1.00 bits per heavy atom. The van der Waals surface area contributed by atoms with Crippen LogP contribution in [-0.4, -0.2) is 52.1 Å². The maximum Gasteiger partial charge on any atom is 0.243 e. The Hall–Kier alpha value is -0.910. The molecule has 0 aromatic heterocycles. The van der Waals surface area contributed by atoms with E-state index in [-0.39, 0.29) is 5.91 Å². The van der Waals surface area contributed by atoms with Crippen LogP contribution < -0.4 is 5.32 Å². The third kappa shape index (κ3) is 15.0. The van der Waals surface area contributed by atoms with E-state index in [1.54, 1.807) is 0 Å². The van der Waals surface area contributed by atoms with Crippen molar-refractivity contribution in [3.8, 4) is 0 Å². The summed E-state index contributed by atoms with van der Waals surface area (Å²) < 4.78 is 16.0. The van der Waals surface area contributed by atoms with Crippen LogP contribution >= 0.6 is 0 Å². The lowest BCUT2D eigenvalue weighted by Gasteiger charge is -2.06. The van der Waals surface area contributed by atoms with Gasteiger partial charge in [0.1, 0.15) is 0 Å². The summed E-state index contributed by atoms with van der Waals surface area (Å²) in [6.07, 6.45) is 4.31. The number of amides is 1. The third-order valence-electron chi connectivity index (χ3n) is 2.34. The predicted octanol–water partition coefficient (Wildman–Crippen LogP) is 1.53. The van der Waals surface area contributed by atoms with E-state index >= 15 is 0 Å². The van der Waals surface area contributed by atoms with Crippen molar-refractivity contribution >= 4 is 5.91 Å². The summed E-state index contributed by atoms with van der Waals surface area (Å²) in [5.41, 5.74) is 0. The summed E-state index contributed by atoms with van der Waals surface area (Å²) in [5.74, 6) is -0.147. The highest BCUT2D eigenvalue weighted by Crippen LogP contribution is 1.88. The van der Waals surface area contributed by atoms with Gasteiger partial charge in [-0.1, -0.05) is 19.9 Å². The highest BCUT2D eigenvalue weighted by Gasteiger charge is 1.94. The number of carbonyl (C=O) groups is 1. The van der Waals surface area contributed by atoms with Crippen LogP contribution in [0.5, 0.6) is 0 Å². The van der Waals surface area contributed by atoms with Crippen molar-refractivity contribution < 1.29 is 19.0 Å². The summed E-state index contributed by atoms with van der Waals surface area (Å²) >= 11 is 0. The molecule has 1 N–H and O–H groups in total. The maximum atomic E-state index is 10.8. The van der Waals surface area contributed by atoms with Gasteiger partial charge in [-0.25, -0.2) is 0 Å². The molecule has 5 nitrogen and oxygen atoms in total. The minimum Gasteiger partial charge on any atom is -0.379 e.